The van der Waals surface area contributed by atoms with Crippen molar-refractivity contribution in [3.63, 3.8) is 0 Å². The maximum atomic E-state index is 11.5. The molecule has 0 heterocycles. The minimum atomic E-state index is -0.886. The number of amides is 1. The van der Waals surface area contributed by atoms with E-state index in [-0.39, 0.29) is 38.4 Å². The number of hydrogen-bond acceptors (Lipinski definition) is 8. The molecule has 0 saturated heterocycles. The van der Waals surface area contributed by atoms with E-state index in [9.17, 15) is 19.2 Å². The van der Waals surface area contributed by atoms with E-state index in [0.29, 0.717) is 0 Å². The summed E-state index contributed by atoms with van der Waals surface area (Å²) in [7, 11) is 0. The molecule has 1 aromatic rings. The molecule has 0 aliphatic heterocycles. The van der Waals surface area contributed by atoms with Crippen LogP contribution < -0.4 is 5.73 Å². The molecule has 1 amide bonds. The predicted octanol–water partition coefficient (Wildman–Crippen LogP) is 3.67. The van der Waals surface area contributed by atoms with Gasteiger partial charge in [-0.05, 0) is 47.1 Å². The molecule has 1 aromatic carbocycles. The fourth-order valence-electron chi connectivity index (χ4n) is 2.03. The summed E-state index contributed by atoms with van der Waals surface area (Å²) in [5, 5.41) is 0. The van der Waals surface area contributed by atoms with Gasteiger partial charge in [0.05, 0.1) is 19.3 Å². The zero-order valence-electron chi connectivity index (χ0n) is 19.8. The van der Waals surface area contributed by atoms with Gasteiger partial charge in [-0.3, -0.25) is 14.4 Å². The van der Waals surface area contributed by atoms with Gasteiger partial charge in [0.15, 0.2) is 0 Å². The zero-order chi connectivity index (χ0) is 24.8. The number of hydrogen-bond donors (Lipinski definition) is 1. The van der Waals surface area contributed by atoms with Crippen molar-refractivity contribution in [3.8, 4) is 0 Å². The van der Waals surface area contributed by atoms with Gasteiger partial charge in [0, 0.05) is 0 Å². The third kappa shape index (κ3) is 18.9. The lowest BCUT2D eigenvalue weighted by Crippen LogP contribution is -2.25. The van der Waals surface area contributed by atoms with Crippen molar-refractivity contribution in [1.29, 1.82) is 0 Å². The Labute approximate surface area is 189 Å². The van der Waals surface area contributed by atoms with E-state index in [2.05, 4.69) is 4.74 Å². The first kappa shape index (κ1) is 28.9. The molecule has 0 aliphatic rings. The molecule has 0 spiro atoms. The van der Waals surface area contributed by atoms with Gasteiger partial charge in [-0.15, -0.1) is 0 Å². The van der Waals surface area contributed by atoms with Crippen LogP contribution in [0.3, 0.4) is 0 Å². The molecule has 9 heteroatoms. The van der Waals surface area contributed by atoms with Gasteiger partial charge in [-0.2, -0.15) is 0 Å². The number of carbonyl (C=O) groups excluding carboxylic acids is 4. The Kier molecular flexibility index (Phi) is 12.7. The van der Waals surface area contributed by atoms with Gasteiger partial charge in [-0.25, -0.2) is 4.79 Å². The molecular formula is C23H35NO8. The summed E-state index contributed by atoms with van der Waals surface area (Å²) in [5.74, 6) is -1.19. The number of primary amides is 1. The standard InChI is InChI=1S/C15H20O4.C8H15NO4/c1-15(2,3)19-14(17)10-9-13(16)18-11-12-7-5-4-6-8-12;1-8(2,3)13-6(10)4-5-12-7(9)11/h4-8H,9-11H2,1-3H3;4-5H2,1-3H3,(H2,9,11). The largest absolute Gasteiger partial charge is 0.461 e. The Morgan fingerprint density at radius 3 is 1.66 bits per heavy atom. The molecule has 0 bridgehead atoms. The van der Waals surface area contributed by atoms with Gasteiger partial charge in [0.1, 0.15) is 24.4 Å². The molecule has 2 N–H and O–H groups in total. The van der Waals surface area contributed by atoms with Crippen molar-refractivity contribution in [2.75, 3.05) is 6.61 Å². The quantitative estimate of drug-likeness (QED) is 0.466. The fourth-order valence-corrected chi connectivity index (χ4v) is 2.03. The van der Waals surface area contributed by atoms with Gasteiger partial charge < -0.3 is 24.7 Å². The van der Waals surface area contributed by atoms with Crippen LogP contribution in [0.2, 0.25) is 0 Å². The second-order valence-electron chi connectivity index (χ2n) is 8.74. The molecule has 0 radical (unpaired) electrons. The van der Waals surface area contributed by atoms with E-state index in [1.165, 1.54) is 0 Å². The van der Waals surface area contributed by atoms with Crippen molar-refractivity contribution < 1.29 is 38.1 Å². The van der Waals surface area contributed by atoms with Crippen LogP contribution in [0.5, 0.6) is 0 Å². The Morgan fingerprint density at radius 2 is 1.19 bits per heavy atom. The van der Waals surface area contributed by atoms with Crippen LogP contribution in [0.4, 0.5) is 4.79 Å². The highest BCUT2D eigenvalue weighted by Crippen LogP contribution is 2.10. The van der Waals surface area contributed by atoms with Gasteiger partial charge in [0.2, 0.25) is 0 Å². The van der Waals surface area contributed by atoms with E-state index in [1.807, 2.05) is 30.3 Å². The number of benzene rings is 1. The summed E-state index contributed by atoms with van der Waals surface area (Å²) in [5.41, 5.74) is 4.58. The molecule has 9 nitrogen and oxygen atoms in total. The second-order valence-corrected chi connectivity index (χ2v) is 8.74. The molecule has 0 atom stereocenters. The van der Waals surface area contributed by atoms with E-state index in [4.69, 9.17) is 19.9 Å². The highest BCUT2D eigenvalue weighted by Gasteiger charge is 2.17. The molecular weight excluding hydrogens is 418 g/mol. The number of nitrogens with two attached hydrogens (primary N) is 1. The average molecular weight is 454 g/mol. The fraction of sp³-hybridized carbons (Fsp3) is 0.565. The van der Waals surface area contributed by atoms with Crippen LogP contribution in [0, 0.1) is 0 Å². The van der Waals surface area contributed by atoms with Crippen molar-refractivity contribution in [2.45, 2.75) is 78.6 Å². The van der Waals surface area contributed by atoms with Crippen molar-refractivity contribution in [1.82, 2.24) is 0 Å². The van der Waals surface area contributed by atoms with Crippen LogP contribution in [-0.2, 0) is 39.9 Å². The highest BCUT2D eigenvalue weighted by molar-refractivity contribution is 5.77. The summed E-state index contributed by atoms with van der Waals surface area (Å²) < 4.78 is 19.5. The van der Waals surface area contributed by atoms with Gasteiger partial charge in [0.25, 0.3) is 0 Å². The minimum Gasteiger partial charge on any atom is -0.461 e. The first-order valence-corrected chi connectivity index (χ1v) is 10.2. The summed E-state index contributed by atoms with van der Waals surface area (Å²) in [4.78, 5) is 44.0. The summed E-state index contributed by atoms with van der Waals surface area (Å²) in [6.07, 6.45) is -0.768. The molecule has 0 saturated carbocycles. The van der Waals surface area contributed by atoms with Gasteiger partial charge >= 0.3 is 24.0 Å². The topological polar surface area (TPSA) is 131 Å². The number of carbonyl (C=O) groups is 4. The maximum absolute atomic E-state index is 11.5. The molecule has 0 aromatic heterocycles. The SMILES string of the molecule is CC(C)(C)OC(=O)CCC(=O)OCc1ccccc1.CC(C)(C)OC(=O)CCOC(N)=O. The molecule has 32 heavy (non-hydrogen) atoms. The summed E-state index contributed by atoms with van der Waals surface area (Å²) in [6, 6.07) is 9.41. The van der Waals surface area contributed by atoms with Crippen molar-refractivity contribution >= 4 is 24.0 Å². The van der Waals surface area contributed by atoms with Gasteiger partial charge in [-0.1, -0.05) is 30.3 Å². The average Bonchev–Trinajstić information content (AvgIpc) is 2.63. The van der Waals surface area contributed by atoms with E-state index < -0.39 is 29.2 Å². The van der Waals surface area contributed by atoms with E-state index >= 15 is 0 Å². The summed E-state index contributed by atoms with van der Waals surface area (Å²) in [6.45, 7) is 10.9. The summed E-state index contributed by atoms with van der Waals surface area (Å²) >= 11 is 0. The molecule has 0 unspecified atom stereocenters. The highest BCUT2D eigenvalue weighted by atomic mass is 16.6. The molecule has 180 valence electrons. The molecule has 0 fully saturated rings. The smallest absolute Gasteiger partial charge is 0.404 e. The predicted molar refractivity (Wildman–Crippen MR) is 117 cm³/mol. The van der Waals surface area contributed by atoms with Crippen LogP contribution >= 0.6 is 0 Å². The van der Waals surface area contributed by atoms with Crippen LogP contribution in [-0.4, -0.2) is 41.8 Å². The molecule has 0 aliphatic carbocycles. The number of rotatable bonds is 8. The normalized spacial score (nSPS) is 10.8. The first-order valence-electron chi connectivity index (χ1n) is 10.2. The number of ether oxygens (including phenoxy) is 4. The van der Waals surface area contributed by atoms with E-state index in [0.717, 1.165) is 5.56 Å². The van der Waals surface area contributed by atoms with E-state index in [1.54, 1.807) is 41.5 Å². The number of esters is 3. The Balaban J connectivity index is 0.000000649. The first-order chi connectivity index (χ1) is 14.7. The Hall–Kier alpha value is -3.10. The maximum Gasteiger partial charge on any atom is 0.404 e. The third-order valence-electron chi connectivity index (χ3n) is 3.17. The van der Waals surface area contributed by atoms with Crippen LogP contribution in [0.1, 0.15) is 66.4 Å². The lowest BCUT2D eigenvalue weighted by molar-refractivity contribution is -0.158. The molecule has 1 rings (SSSR count). The lowest BCUT2D eigenvalue weighted by atomic mass is 10.2. The Bertz CT molecular complexity index is 733. The second kappa shape index (κ2) is 14.1. The third-order valence-corrected chi connectivity index (χ3v) is 3.17. The monoisotopic (exact) mass is 453 g/mol. The zero-order valence-corrected chi connectivity index (χ0v) is 19.8. The van der Waals surface area contributed by atoms with Crippen molar-refractivity contribution in [3.05, 3.63) is 35.9 Å². The lowest BCUT2D eigenvalue weighted by Gasteiger charge is -2.19. The Morgan fingerprint density at radius 1 is 0.719 bits per heavy atom. The minimum absolute atomic E-state index is 0.0280. The van der Waals surface area contributed by atoms with Crippen molar-refractivity contribution in [2.24, 2.45) is 5.73 Å². The van der Waals surface area contributed by atoms with Crippen LogP contribution in [0.25, 0.3) is 0 Å². The van der Waals surface area contributed by atoms with Crippen LogP contribution in [0.15, 0.2) is 30.3 Å².